The van der Waals surface area contributed by atoms with Crippen LogP contribution in [0.5, 0.6) is 0 Å². The summed E-state index contributed by atoms with van der Waals surface area (Å²) in [4.78, 5) is 23.0. The molecule has 1 N–H and O–H groups in total. The van der Waals surface area contributed by atoms with Crippen molar-refractivity contribution in [2.75, 3.05) is 7.11 Å². The van der Waals surface area contributed by atoms with Gasteiger partial charge in [-0.15, -0.1) is 0 Å². The number of hydrogen-bond donors (Lipinski definition) is 1. The predicted molar refractivity (Wildman–Crippen MR) is 67.5 cm³/mol. The average Bonchev–Trinajstić information content (AvgIpc) is 2.77. The molecule has 2 heterocycles. The molecule has 1 aromatic carbocycles. The van der Waals surface area contributed by atoms with Gasteiger partial charge in [0.1, 0.15) is 12.0 Å². The summed E-state index contributed by atoms with van der Waals surface area (Å²) < 4.78 is 4.75. The number of methoxy groups -OCH3 is 1. The van der Waals surface area contributed by atoms with Gasteiger partial charge in [0, 0.05) is 17.0 Å². The third-order valence-electron chi connectivity index (χ3n) is 3.00. The third kappa shape index (κ3) is 1.44. The van der Waals surface area contributed by atoms with E-state index in [9.17, 15) is 4.79 Å². The van der Waals surface area contributed by atoms with Crippen LogP contribution in [0, 0.1) is 6.92 Å². The van der Waals surface area contributed by atoms with E-state index in [0.717, 1.165) is 27.5 Å². The molecule has 5 heteroatoms. The monoisotopic (exact) mass is 241 g/mol. The lowest BCUT2D eigenvalue weighted by Crippen LogP contribution is -2.01. The van der Waals surface area contributed by atoms with Gasteiger partial charge < -0.3 is 9.72 Å². The van der Waals surface area contributed by atoms with E-state index in [1.54, 1.807) is 18.3 Å². The Bertz CT molecular complexity index is 761. The van der Waals surface area contributed by atoms with Crippen LogP contribution in [-0.2, 0) is 4.74 Å². The van der Waals surface area contributed by atoms with Crippen molar-refractivity contribution in [1.29, 1.82) is 0 Å². The van der Waals surface area contributed by atoms with Crippen molar-refractivity contribution in [1.82, 2.24) is 15.0 Å². The Morgan fingerprint density at radius 1 is 1.33 bits per heavy atom. The van der Waals surface area contributed by atoms with Crippen molar-refractivity contribution in [3.63, 3.8) is 0 Å². The highest BCUT2D eigenvalue weighted by atomic mass is 16.5. The van der Waals surface area contributed by atoms with Gasteiger partial charge in [0.2, 0.25) is 0 Å². The topological polar surface area (TPSA) is 67.9 Å². The molecule has 18 heavy (non-hydrogen) atoms. The van der Waals surface area contributed by atoms with Gasteiger partial charge in [-0.05, 0) is 24.6 Å². The normalized spacial score (nSPS) is 11.0. The molecule has 0 saturated heterocycles. The minimum atomic E-state index is -0.341. The zero-order chi connectivity index (χ0) is 12.7. The predicted octanol–water partition coefficient (Wildman–Crippen LogP) is 2.21. The fraction of sp³-hybridized carbons (Fsp3) is 0.154. The molecular weight excluding hydrogens is 230 g/mol. The molecule has 3 aromatic rings. The van der Waals surface area contributed by atoms with Gasteiger partial charge in [-0.2, -0.15) is 0 Å². The van der Waals surface area contributed by atoms with Crippen LogP contribution in [-0.4, -0.2) is 28.0 Å². The summed E-state index contributed by atoms with van der Waals surface area (Å²) in [5.74, 6) is -0.341. The molecule has 5 nitrogen and oxygen atoms in total. The van der Waals surface area contributed by atoms with Crippen LogP contribution < -0.4 is 0 Å². The number of aryl methyl sites for hydroxylation is 1. The molecule has 0 atom stereocenters. The Morgan fingerprint density at radius 3 is 2.94 bits per heavy atom. The number of nitrogens with one attached hydrogen (secondary N) is 1. The summed E-state index contributed by atoms with van der Waals surface area (Å²) >= 11 is 0. The van der Waals surface area contributed by atoms with E-state index in [1.807, 2.05) is 6.92 Å². The van der Waals surface area contributed by atoms with Crippen molar-refractivity contribution < 1.29 is 9.53 Å². The lowest BCUT2D eigenvalue weighted by Gasteiger charge is -2.02. The maximum Gasteiger partial charge on any atom is 0.337 e. The molecular formula is C13H11N3O2. The van der Waals surface area contributed by atoms with Crippen LogP contribution in [0.2, 0.25) is 0 Å². The minimum Gasteiger partial charge on any atom is -0.465 e. The molecule has 0 saturated carbocycles. The van der Waals surface area contributed by atoms with Gasteiger partial charge in [0.15, 0.2) is 0 Å². The van der Waals surface area contributed by atoms with E-state index in [4.69, 9.17) is 4.74 Å². The quantitative estimate of drug-likeness (QED) is 0.663. The number of esters is 1. The van der Waals surface area contributed by atoms with Gasteiger partial charge in [-0.3, -0.25) is 0 Å². The Morgan fingerprint density at radius 2 is 2.17 bits per heavy atom. The first kappa shape index (κ1) is 10.7. The second kappa shape index (κ2) is 3.80. The molecule has 0 aliphatic carbocycles. The van der Waals surface area contributed by atoms with Gasteiger partial charge in [-0.25, -0.2) is 14.8 Å². The molecule has 0 fully saturated rings. The molecule has 2 aromatic heterocycles. The molecule has 0 bridgehead atoms. The molecule has 0 unspecified atom stereocenters. The summed E-state index contributed by atoms with van der Waals surface area (Å²) in [5.41, 5.74) is 3.25. The summed E-state index contributed by atoms with van der Waals surface area (Å²) in [5, 5.41) is 1.84. The summed E-state index contributed by atoms with van der Waals surface area (Å²) in [6, 6.07) is 3.60. The molecule has 0 aliphatic heterocycles. The standard InChI is InChI=1S/C13H11N3O2/c1-7-3-8(13(17)18-2)4-9-10-5-14-6-15-12(10)16-11(7)9/h3-6H,1-2H3,(H,14,15,16). The van der Waals surface area contributed by atoms with E-state index < -0.39 is 0 Å². The molecule has 0 spiro atoms. The lowest BCUT2D eigenvalue weighted by molar-refractivity contribution is 0.0601. The maximum absolute atomic E-state index is 11.6. The average molecular weight is 241 g/mol. The van der Waals surface area contributed by atoms with Crippen LogP contribution in [0.1, 0.15) is 15.9 Å². The highest BCUT2D eigenvalue weighted by molar-refractivity contribution is 6.09. The van der Waals surface area contributed by atoms with Gasteiger partial charge in [0.05, 0.1) is 18.2 Å². The van der Waals surface area contributed by atoms with E-state index in [0.29, 0.717) is 5.56 Å². The summed E-state index contributed by atoms with van der Waals surface area (Å²) in [6.07, 6.45) is 3.23. The van der Waals surface area contributed by atoms with Crippen molar-refractivity contribution >= 4 is 27.9 Å². The SMILES string of the molecule is COC(=O)c1cc(C)c2[nH]c3ncncc3c2c1. The number of ether oxygens (including phenoxy) is 1. The number of aromatic amines is 1. The lowest BCUT2D eigenvalue weighted by atomic mass is 10.1. The number of aromatic nitrogens is 3. The zero-order valence-corrected chi connectivity index (χ0v) is 10.0. The second-order valence-electron chi connectivity index (χ2n) is 4.12. The third-order valence-corrected chi connectivity index (χ3v) is 3.00. The first-order valence-electron chi connectivity index (χ1n) is 5.51. The number of rotatable bonds is 1. The van der Waals surface area contributed by atoms with Crippen molar-refractivity contribution in [3.05, 3.63) is 35.8 Å². The zero-order valence-electron chi connectivity index (χ0n) is 10.0. The molecule has 3 rings (SSSR count). The van der Waals surface area contributed by atoms with Crippen LogP contribution in [0.15, 0.2) is 24.7 Å². The van der Waals surface area contributed by atoms with Gasteiger partial charge in [0.25, 0.3) is 0 Å². The first-order valence-corrected chi connectivity index (χ1v) is 5.51. The summed E-state index contributed by atoms with van der Waals surface area (Å²) in [6.45, 7) is 1.94. The Hall–Kier alpha value is -2.43. The largest absolute Gasteiger partial charge is 0.465 e. The van der Waals surface area contributed by atoms with Crippen LogP contribution in [0.4, 0.5) is 0 Å². The van der Waals surface area contributed by atoms with Crippen molar-refractivity contribution in [2.24, 2.45) is 0 Å². The Balaban J connectivity index is 2.40. The fourth-order valence-corrected chi connectivity index (χ4v) is 2.15. The van der Waals surface area contributed by atoms with E-state index in [1.165, 1.54) is 13.4 Å². The first-order chi connectivity index (χ1) is 8.70. The van der Waals surface area contributed by atoms with Crippen molar-refractivity contribution in [2.45, 2.75) is 6.92 Å². The van der Waals surface area contributed by atoms with Crippen molar-refractivity contribution in [3.8, 4) is 0 Å². The number of H-pyrrole nitrogens is 1. The number of carbonyl (C=O) groups excluding carboxylic acids is 1. The summed E-state index contributed by atoms with van der Waals surface area (Å²) in [7, 11) is 1.38. The number of fused-ring (bicyclic) bond motifs is 3. The van der Waals surface area contributed by atoms with Crippen LogP contribution in [0.25, 0.3) is 21.9 Å². The van der Waals surface area contributed by atoms with E-state index >= 15 is 0 Å². The number of benzene rings is 1. The van der Waals surface area contributed by atoms with Crippen LogP contribution >= 0.6 is 0 Å². The number of nitrogens with zero attached hydrogens (tertiary/aromatic N) is 2. The highest BCUT2D eigenvalue weighted by Crippen LogP contribution is 2.27. The highest BCUT2D eigenvalue weighted by Gasteiger charge is 2.12. The Kier molecular flexibility index (Phi) is 2.26. The van der Waals surface area contributed by atoms with Crippen LogP contribution in [0.3, 0.4) is 0 Å². The molecule has 0 radical (unpaired) electrons. The Labute approximate surface area is 103 Å². The van der Waals surface area contributed by atoms with Gasteiger partial charge in [-0.1, -0.05) is 0 Å². The van der Waals surface area contributed by atoms with E-state index in [2.05, 4.69) is 15.0 Å². The maximum atomic E-state index is 11.6. The minimum absolute atomic E-state index is 0.341. The second-order valence-corrected chi connectivity index (χ2v) is 4.12. The number of hydrogen-bond acceptors (Lipinski definition) is 4. The number of carbonyl (C=O) groups is 1. The molecule has 0 amide bonds. The van der Waals surface area contributed by atoms with E-state index in [-0.39, 0.29) is 5.97 Å². The molecule has 0 aliphatic rings. The fourth-order valence-electron chi connectivity index (χ4n) is 2.15. The van der Waals surface area contributed by atoms with Gasteiger partial charge >= 0.3 is 5.97 Å². The molecule has 90 valence electrons. The smallest absolute Gasteiger partial charge is 0.337 e.